The van der Waals surface area contributed by atoms with Crippen LogP contribution in [0, 0.1) is 5.41 Å². The highest BCUT2D eigenvalue weighted by Crippen LogP contribution is 2.14. The topological polar surface area (TPSA) is 71.7 Å². The number of ether oxygens (including phenoxy) is 1. The van der Waals surface area contributed by atoms with Gasteiger partial charge in [0.15, 0.2) is 5.96 Å². The van der Waals surface area contributed by atoms with E-state index < -0.39 is 0 Å². The summed E-state index contributed by atoms with van der Waals surface area (Å²) in [5, 5.41) is 6.72. The maximum Gasteiger partial charge on any atom is 0.195 e. The molecule has 1 aliphatic heterocycles. The molecule has 0 spiro atoms. The highest BCUT2D eigenvalue weighted by atomic mass is 16.5. The SMILES string of the molecule is CC(C)(CN)CN=C(NCC1CCCO1)Nc1ccccc1. The number of anilines is 1. The van der Waals surface area contributed by atoms with E-state index in [1.807, 2.05) is 30.3 Å². The van der Waals surface area contributed by atoms with Gasteiger partial charge in [-0.25, -0.2) is 0 Å². The first-order valence-electron chi connectivity index (χ1n) is 8.01. The lowest BCUT2D eigenvalue weighted by Crippen LogP contribution is -2.38. The molecule has 1 saturated heterocycles. The van der Waals surface area contributed by atoms with Crippen molar-refractivity contribution in [1.29, 1.82) is 0 Å². The molecule has 1 heterocycles. The van der Waals surface area contributed by atoms with Gasteiger partial charge in [0.2, 0.25) is 0 Å². The van der Waals surface area contributed by atoms with Crippen molar-refractivity contribution in [2.45, 2.75) is 32.8 Å². The zero-order valence-corrected chi connectivity index (χ0v) is 13.6. The summed E-state index contributed by atoms with van der Waals surface area (Å²) in [4.78, 5) is 4.68. The Morgan fingerprint density at radius 3 is 2.77 bits per heavy atom. The van der Waals surface area contributed by atoms with E-state index >= 15 is 0 Å². The Hall–Kier alpha value is -1.59. The summed E-state index contributed by atoms with van der Waals surface area (Å²) in [6.45, 7) is 7.18. The second kappa shape index (κ2) is 8.15. The minimum atomic E-state index is -0.00481. The van der Waals surface area contributed by atoms with Crippen LogP contribution >= 0.6 is 0 Å². The lowest BCUT2D eigenvalue weighted by atomic mass is 9.94. The summed E-state index contributed by atoms with van der Waals surface area (Å²) in [6, 6.07) is 10.1. The third kappa shape index (κ3) is 5.66. The first-order valence-corrected chi connectivity index (χ1v) is 8.01. The molecular formula is C17H28N4O. The van der Waals surface area contributed by atoms with Crippen molar-refractivity contribution in [3.63, 3.8) is 0 Å². The monoisotopic (exact) mass is 304 g/mol. The van der Waals surface area contributed by atoms with Crippen LogP contribution in [0.15, 0.2) is 35.3 Å². The van der Waals surface area contributed by atoms with Crippen LogP contribution < -0.4 is 16.4 Å². The van der Waals surface area contributed by atoms with Crippen molar-refractivity contribution in [2.75, 3.05) is 31.6 Å². The van der Waals surface area contributed by atoms with Gasteiger partial charge in [-0.3, -0.25) is 4.99 Å². The van der Waals surface area contributed by atoms with Gasteiger partial charge in [-0.15, -0.1) is 0 Å². The van der Waals surface area contributed by atoms with Gasteiger partial charge in [-0.1, -0.05) is 32.0 Å². The predicted molar refractivity (Wildman–Crippen MR) is 92.2 cm³/mol. The fraction of sp³-hybridized carbons (Fsp3) is 0.588. The number of aliphatic imine (C=N–C) groups is 1. The van der Waals surface area contributed by atoms with E-state index in [1.165, 1.54) is 0 Å². The van der Waals surface area contributed by atoms with Crippen molar-refractivity contribution < 1.29 is 4.74 Å². The van der Waals surface area contributed by atoms with Gasteiger partial charge < -0.3 is 21.1 Å². The van der Waals surface area contributed by atoms with E-state index in [9.17, 15) is 0 Å². The Kier molecular flexibility index (Phi) is 6.21. The van der Waals surface area contributed by atoms with Crippen molar-refractivity contribution >= 4 is 11.6 Å². The molecule has 0 aliphatic carbocycles. The zero-order chi connectivity index (χ0) is 15.8. The molecule has 1 atom stereocenters. The minimum absolute atomic E-state index is 0.00481. The summed E-state index contributed by atoms with van der Waals surface area (Å²) in [7, 11) is 0. The lowest BCUT2D eigenvalue weighted by molar-refractivity contribution is 0.114. The fourth-order valence-corrected chi connectivity index (χ4v) is 2.17. The zero-order valence-electron chi connectivity index (χ0n) is 13.6. The van der Waals surface area contributed by atoms with Crippen molar-refractivity contribution in [3.05, 3.63) is 30.3 Å². The average molecular weight is 304 g/mol. The molecule has 5 heteroatoms. The molecule has 1 fully saturated rings. The predicted octanol–water partition coefficient (Wildman–Crippen LogP) is 2.21. The van der Waals surface area contributed by atoms with Crippen molar-refractivity contribution in [3.8, 4) is 0 Å². The van der Waals surface area contributed by atoms with Crippen LogP contribution in [0.4, 0.5) is 5.69 Å². The van der Waals surface area contributed by atoms with Gasteiger partial charge in [-0.2, -0.15) is 0 Å². The van der Waals surface area contributed by atoms with Crippen molar-refractivity contribution in [1.82, 2.24) is 5.32 Å². The normalized spacial score (nSPS) is 19.2. The second-order valence-corrected chi connectivity index (χ2v) is 6.54. The molecule has 1 unspecified atom stereocenters. The first-order chi connectivity index (χ1) is 10.6. The Balaban J connectivity index is 1.97. The molecule has 1 aliphatic rings. The number of hydrogen-bond donors (Lipinski definition) is 3. The molecule has 1 aromatic carbocycles. The number of nitrogens with one attached hydrogen (secondary N) is 2. The minimum Gasteiger partial charge on any atom is -0.376 e. The van der Waals surface area contributed by atoms with Gasteiger partial charge >= 0.3 is 0 Å². The maximum atomic E-state index is 5.79. The van der Waals surface area contributed by atoms with Crippen LogP contribution in [0.2, 0.25) is 0 Å². The summed E-state index contributed by atoms with van der Waals surface area (Å²) in [5.74, 6) is 0.781. The number of hydrogen-bond acceptors (Lipinski definition) is 3. The smallest absolute Gasteiger partial charge is 0.195 e. The van der Waals surface area contributed by atoms with Crippen LogP contribution in [0.25, 0.3) is 0 Å². The summed E-state index contributed by atoms with van der Waals surface area (Å²) in [6.07, 6.45) is 2.54. The van der Waals surface area contributed by atoms with Gasteiger partial charge in [0.25, 0.3) is 0 Å². The third-order valence-electron chi connectivity index (χ3n) is 3.78. The van der Waals surface area contributed by atoms with Crippen LogP contribution in [0.1, 0.15) is 26.7 Å². The standard InChI is InChI=1S/C17H28N4O/c1-17(2,12-18)13-20-16(19-11-15-9-6-10-22-15)21-14-7-4-3-5-8-14/h3-5,7-8,15H,6,9-13,18H2,1-2H3,(H2,19,20,21). The highest BCUT2D eigenvalue weighted by molar-refractivity contribution is 5.93. The first kappa shape index (κ1) is 16.8. The average Bonchev–Trinajstić information content (AvgIpc) is 3.04. The van der Waals surface area contributed by atoms with E-state index in [0.29, 0.717) is 13.1 Å². The molecule has 0 amide bonds. The Morgan fingerprint density at radius 2 is 2.14 bits per heavy atom. The van der Waals surface area contributed by atoms with Gasteiger partial charge in [-0.05, 0) is 36.9 Å². The molecule has 0 saturated carbocycles. The Bertz CT molecular complexity index is 467. The number of nitrogens with two attached hydrogens (primary N) is 1. The molecular weight excluding hydrogens is 276 g/mol. The van der Waals surface area contributed by atoms with Crippen LogP contribution in [0.5, 0.6) is 0 Å². The van der Waals surface area contributed by atoms with E-state index in [0.717, 1.165) is 37.6 Å². The molecule has 4 N–H and O–H groups in total. The van der Waals surface area contributed by atoms with Gasteiger partial charge in [0.1, 0.15) is 0 Å². The molecule has 2 rings (SSSR count). The number of nitrogens with zero attached hydrogens (tertiary/aromatic N) is 1. The molecule has 0 aromatic heterocycles. The van der Waals surface area contributed by atoms with Crippen LogP contribution in [-0.2, 0) is 4.74 Å². The lowest BCUT2D eigenvalue weighted by Gasteiger charge is -2.21. The highest BCUT2D eigenvalue weighted by Gasteiger charge is 2.17. The molecule has 22 heavy (non-hydrogen) atoms. The molecule has 1 aromatic rings. The number of guanidine groups is 1. The number of para-hydroxylation sites is 1. The maximum absolute atomic E-state index is 5.79. The van der Waals surface area contributed by atoms with E-state index in [-0.39, 0.29) is 11.5 Å². The number of benzene rings is 1. The van der Waals surface area contributed by atoms with Gasteiger partial charge in [0.05, 0.1) is 6.10 Å². The third-order valence-corrected chi connectivity index (χ3v) is 3.78. The summed E-state index contributed by atoms with van der Waals surface area (Å²) in [5.41, 5.74) is 6.80. The second-order valence-electron chi connectivity index (χ2n) is 6.54. The van der Waals surface area contributed by atoms with E-state index in [2.05, 4.69) is 29.5 Å². The van der Waals surface area contributed by atoms with Crippen molar-refractivity contribution in [2.24, 2.45) is 16.1 Å². The Labute approximate surface area is 133 Å². The number of rotatable bonds is 6. The van der Waals surface area contributed by atoms with E-state index in [1.54, 1.807) is 0 Å². The fourth-order valence-electron chi connectivity index (χ4n) is 2.17. The van der Waals surface area contributed by atoms with E-state index in [4.69, 9.17) is 10.5 Å². The van der Waals surface area contributed by atoms with Crippen LogP contribution in [0.3, 0.4) is 0 Å². The molecule has 5 nitrogen and oxygen atoms in total. The summed E-state index contributed by atoms with van der Waals surface area (Å²) >= 11 is 0. The van der Waals surface area contributed by atoms with Gasteiger partial charge in [0, 0.05) is 25.4 Å². The largest absolute Gasteiger partial charge is 0.376 e. The quantitative estimate of drug-likeness (QED) is 0.556. The molecule has 0 bridgehead atoms. The Morgan fingerprint density at radius 1 is 1.36 bits per heavy atom. The summed E-state index contributed by atoms with van der Waals surface area (Å²) < 4.78 is 5.65. The van der Waals surface area contributed by atoms with Crippen LogP contribution in [-0.4, -0.2) is 38.3 Å². The molecule has 122 valence electrons. The molecule has 0 radical (unpaired) electrons.